The number of amides is 1. The minimum absolute atomic E-state index is 0.0520. The predicted molar refractivity (Wildman–Crippen MR) is 76.6 cm³/mol. The molecule has 0 unspecified atom stereocenters. The normalized spacial score (nSPS) is 11.2. The van der Waals surface area contributed by atoms with Crippen molar-refractivity contribution in [3.63, 3.8) is 0 Å². The van der Waals surface area contributed by atoms with Crippen LogP contribution in [0, 0.1) is 11.2 Å². The van der Waals surface area contributed by atoms with Gasteiger partial charge in [-0.3, -0.25) is 4.79 Å². The molecule has 0 saturated carbocycles. The van der Waals surface area contributed by atoms with Crippen LogP contribution >= 0.6 is 11.6 Å². The van der Waals surface area contributed by atoms with E-state index < -0.39 is 11.2 Å². The lowest BCUT2D eigenvalue weighted by atomic mass is 9.92. The summed E-state index contributed by atoms with van der Waals surface area (Å²) in [6.07, 6.45) is 0. The maximum atomic E-state index is 13.9. The van der Waals surface area contributed by atoms with Gasteiger partial charge in [-0.25, -0.2) is 4.39 Å². The standard InChI is InChI=1S/C12H18ClFN4O/c1-12(2,11(19)17-3)5-18-10-7(16)4-6(15)8(13)9(10)14/h4,18H,5,15-16H2,1-3H3,(H,17,19). The number of nitrogens with one attached hydrogen (secondary N) is 2. The summed E-state index contributed by atoms with van der Waals surface area (Å²) in [6.45, 7) is 3.66. The Morgan fingerprint density at radius 1 is 1.42 bits per heavy atom. The number of carbonyl (C=O) groups is 1. The lowest BCUT2D eigenvalue weighted by molar-refractivity contribution is -0.128. The molecule has 0 spiro atoms. The summed E-state index contributed by atoms with van der Waals surface area (Å²) in [5.41, 5.74) is 10.7. The fourth-order valence-corrected chi connectivity index (χ4v) is 1.72. The molecule has 1 rings (SSSR count). The van der Waals surface area contributed by atoms with E-state index in [4.69, 9.17) is 23.1 Å². The van der Waals surface area contributed by atoms with Crippen LogP contribution in [0.2, 0.25) is 5.02 Å². The van der Waals surface area contributed by atoms with Crippen molar-refractivity contribution in [1.82, 2.24) is 5.32 Å². The van der Waals surface area contributed by atoms with Crippen LogP contribution < -0.4 is 22.1 Å². The first-order valence-electron chi connectivity index (χ1n) is 5.69. The Kier molecular flexibility index (Phi) is 4.47. The van der Waals surface area contributed by atoms with E-state index in [0.29, 0.717) is 0 Å². The van der Waals surface area contributed by atoms with Crippen molar-refractivity contribution in [2.75, 3.05) is 30.4 Å². The molecule has 106 valence electrons. The molecule has 1 aromatic carbocycles. The van der Waals surface area contributed by atoms with E-state index in [0.717, 1.165) is 0 Å². The zero-order valence-electron chi connectivity index (χ0n) is 11.1. The minimum atomic E-state index is -0.721. The van der Waals surface area contributed by atoms with Crippen LogP contribution in [0.25, 0.3) is 0 Å². The van der Waals surface area contributed by atoms with Crippen LogP contribution in [0.1, 0.15) is 13.8 Å². The van der Waals surface area contributed by atoms with Crippen molar-refractivity contribution in [3.8, 4) is 0 Å². The predicted octanol–water partition coefficient (Wildman–Crippen LogP) is 1.83. The molecule has 5 nitrogen and oxygen atoms in total. The molecule has 0 aliphatic heterocycles. The fourth-order valence-electron chi connectivity index (χ4n) is 1.57. The molecule has 0 atom stereocenters. The van der Waals surface area contributed by atoms with Crippen molar-refractivity contribution in [1.29, 1.82) is 0 Å². The quantitative estimate of drug-likeness (QED) is 0.636. The second-order valence-electron chi connectivity index (χ2n) is 4.87. The lowest BCUT2D eigenvalue weighted by Gasteiger charge is -2.24. The number of carbonyl (C=O) groups excluding carboxylic acids is 1. The molecule has 7 heteroatoms. The summed E-state index contributed by atoms with van der Waals surface area (Å²) in [5, 5.41) is 5.16. The van der Waals surface area contributed by atoms with Crippen LogP contribution in [0.3, 0.4) is 0 Å². The van der Waals surface area contributed by atoms with Crippen LogP contribution in [0.4, 0.5) is 21.5 Å². The SMILES string of the molecule is CNC(=O)C(C)(C)CNc1c(N)cc(N)c(Cl)c1F. The van der Waals surface area contributed by atoms with Crippen LogP contribution in [-0.4, -0.2) is 19.5 Å². The van der Waals surface area contributed by atoms with E-state index >= 15 is 0 Å². The van der Waals surface area contributed by atoms with Gasteiger partial charge in [0.2, 0.25) is 5.91 Å². The number of hydrogen-bond acceptors (Lipinski definition) is 4. The first-order chi connectivity index (χ1) is 8.70. The third-order valence-corrected chi connectivity index (χ3v) is 3.20. The third-order valence-electron chi connectivity index (χ3n) is 2.81. The second-order valence-corrected chi connectivity index (χ2v) is 5.25. The number of rotatable bonds is 4. The molecular formula is C12H18ClFN4O. The highest BCUT2D eigenvalue weighted by Crippen LogP contribution is 2.34. The van der Waals surface area contributed by atoms with Crippen molar-refractivity contribution in [2.24, 2.45) is 5.41 Å². The minimum Gasteiger partial charge on any atom is -0.397 e. The van der Waals surface area contributed by atoms with E-state index in [9.17, 15) is 9.18 Å². The smallest absolute Gasteiger partial charge is 0.227 e. The van der Waals surface area contributed by atoms with Gasteiger partial charge in [0, 0.05) is 13.6 Å². The number of nitrogens with two attached hydrogens (primary N) is 2. The van der Waals surface area contributed by atoms with Gasteiger partial charge in [0.25, 0.3) is 0 Å². The van der Waals surface area contributed by atoms with Crippen LogP contribution in [-0.2, 0) is 4.79 Å². The summed E-state index contributed by atoms with van der Waals surface area (Å²) in [5.74, 6) is -0.882. The molecule has 0 bridgehead atoms. The van der Waals surface area contributed by atoms with E-state index in [1.165, 1.54) is 6.07 Å². The van der Waals surface area contributed by atoms with E-state index in [-0.39, 0.29) is 34.5 Å². The van der Waals surface area contributed by atoms with Gasteiger partial charge >= 0.3 is 0 Å². The van der Waals surface area contributed by atoms with E-state index in [1.807, 2.05) is 0 Å². The summed E-state index contributed by atoms with van der Waals surface area (Å²) < 4.78 is 13.9. The van der Waals surface area contributed by atoms with E-state index in [1.54, 1.807) is 20.9 Å². The Morgan fingerprint density at radius 3 is 2.53 bits per heavy atom. The van der Waals surface area contributed by atoms with Gasteiger partial charge in [0.1, 0.15) is 5.02 Å². The highest BCUT2D eigenvalue weighted by molar-refractivity contribution is 6.33. The molecule has 0 heterocycles. The molecule has 0 saturated heterocycles. The highest BCUT2D eigenvalue weighted by atomic mass is 35.5. The molecular weight excluding hydrogens is 271 g/mol. The van der Waals surface area contributed by atoms with Gasteiger partial charge in [-0.1, -0.05) is 11.6 Å². The number of nitrogen functional groups attached to an aromatic ring is 2. The molecule has 1 amide bonds. The van der Waals surface area contributed by atoms with Gasteiger partial charge in [-0.2, -0.15) is 0 Å². The molecule has 0 radical (unpaired) electrons. The van der Waals surface area contributed by atoms with Gasteiger partial charge in [-0.05, 0) is 19.9 Å². The highest BCUT2D eigenvalue weighted by Gasteiger charge is 2.27. The topological polar surface area (TPSA) is 93.2 Å². The van der Waals surface area contributed by atoms with Crippen LogP contribution in [0.15, 0.2) is 6.07 Å². The molecule has 0 aromatic heterocycles. The Bertz CT molecular complexity index is 505. The third kappa shape index (κ3) is 3.20. The molecule has 0 aliphatic carbocycles. The van der Waals surface area contributed by atoms with Gasteiger partial charge < -0.3 is 22.1 Å². The first kappa shape index (κ1) is 15.4. The number of benzene rings is 1. The van der Waals surface area contributed by atoms with Crippen LogP contribution in [0.5, 0.6) is 0 Å². The number of halogens is 2. The lowest BCUT2D eigenvalue weighted by Crippen LogP contribution is -2.39. The monoisotopic (exact) mass is 288 g/mol. The van der Waals surface area contributed by atoms with Gasteiger partial charge in [0.05, 0.1) is 22.5 Å². The first-order valence-corrected chi connectivity index (χ1v) is 6.07. The average Bonchev–Trinajstić information content (AvgIpc) is 2.34. The van der Waals surface area contributed by atoms with Gasteiger partial charge in [-0.15, -0.1) is 0 Å². The zero-order chi connectivity index (χ0) is 14.8. The van der Waals surface area contributed by atoms with Crippen molar-refractivity contribution in [2.45, 2.75) is 13.8 Å². The average molecular weight is 289 g/mol. The molecule has 1 aromatic rings. The van der Waals surface area contributed by atoms with Crippen molar-refractivity contribution >= 4 is 34.6 Å². The maximum absolute atomic E-state index is 13.9. The Morgan fingerprint density at radius 2 is 2.00 bits per heavy atom. The molecule has 0 aliphatic rings. The largest absolute Gasteiger partial charge is 0.397 e. The summed E-state index contributed by atoms with van der Waals surface area (Å²) in [4.78, 5) is 11.6. The second kappa shape index (κ2) is 5.52. The van der Waals surface area contributed by atoms with E-state index in [2.05, 4.69) is 10.6 Å². The zero-order valence-corrected chi connectivity index (χ0v) is 11.9. The maximum Gasteiger partial charge on any atom is 0.227 e. The summed E-state index contributed by atoms with van der Waals surface area (Å²) >= 11 is 5.72. The summed E-state index contributed by atoms with van der Waals surface area (Å²) in [6, 6.07) is 1.38. The Labute approximate surface area is 116 Å². The molecule has 0 fully saturated rings. The van der Waals surface area contributed by atoms with Gasteiger partial charge in [0.15, 0.2) is 5.82 Å². The Balaban J connectivity index is 2.96. The number of anilines is 3. The van der Waals surface area contributed by atoms with Crippen molar-refractivity contribution < 1.29 is 9.18 Å². The molecule has 19 heavy (non-hydrogen) atoms. The number of hydrogen-bond donors (Lipinski definition) is 4. The fraction of sp³-hybridized carbons (Fsp3) is 0.417. The molecule has 6 N–H and O–H groups in total. The Hall–Kier alpha value is -1.69. The summed E-state index contributed by atoms with van der Waals surface area (Å²) in [7, 11) is 1.54. The van der Waals surface area contributed by atoms with Crippen molar-refractivity contribution in [3.05, 3.63) is 16.9 Å².